The lowest BCUT2D eigenvalue weighted by molar-refractivity contribution is 0.0514. The number of nitrogens with zero attached hydrogens (tertiary/aromatic N) is 1. The Morgan fingerprint density at radius 2 is 2.42 bits per heavy atom. The lowest BCUT2D eigenvalue weighted by Gasteiger charge is -2.20. The first kappa shape index (κ1) is 12.4. The van der Waals surface area contributed by atoms with Crippen LogP contribution in [-0.4, -0.2) is 29.3 Å². The third-order valence-corrected chi connectivity index (χ3v) is 3.95. The van der Waals surface area contributed by atoms with Gasteiger partial charge in [-0.3, -0.25) is 0 Å². The Balaban J connectivity index is 1.68. The fraction of sp³-hybridized carbons (Fsp3) is 0.571. The molecule has 3 rings (SSSR count). The number of rotatable bonds is 4. The molecular weight excluding hydrogens is 244 g/mol. The third-order valence-electron chi connectivity index (χ3n) is 3.95. The molecule has 0 aromatic carbocycles. The van der Waals surface area contributed by atoms with Crippen molar-refractivity contribution in [1.82, 2.24) is 10.5 Å². The smallest absolute Gasteiger partial charge is 0.360 e. The molecule has 2 bridgehead atoms. The second-order valence-electron chi connectivity index (χ2n) is 5.24. The van der Waals surface area contributed by atoms with Gasteiger partial charge in [0, 0.05) is 17.6 Å². The van der Waals surface area contributed by atoms with E-state index >= 15 is 0 Å². The molecule has 2 aliphatic rings. The van der Waals surface area contributed by atoms with E-state index in [1.165, 1.54) is 25.7 Å². The molecule has 0 aliphatic carbocycles. The van der Waals surface area contributed by atoms with E-state index in [-0.39, 0.29) is 11.2 Å². The van der Waals surface area contributed by atoms with Gasteiger partial charge in [-0.1, -0.05) is 11.2 Å². The van der Waals surface area contributed by atoms with Crippen LogP contribution in [-0.2, 0) is 4.74 Å². The van der Waals surface area contributed by atoms with Crippen LogP contribution in [0.3, 0.4) is 0 Å². The molecule has 19 heavy (non-hydrogen) atoms. The summed E-state index contributed by atoms with van der Waals surface area (Å²) in [7, 11) is 0. The quantitative estimate of drug-likeness (QED) is 0.842. The van der Waals surface area contributed by atoms with Gasteiger partial charge in [-0.05, 0) is 38.7 Å². The Hall–Kier alpha value is -1.62. The van der Waals surface area contributed by atoms with E-state index < -0.39 is 5.97 Å². The Morgan fingerprint density at radius 3 is 3.05 bits per heavy atom. The fourth-order valence-corrected chi connectivity index (χ4v) is 2.95. The predicted octanol–water partition coefficient (Wildman–Crippen LogP) is 2.15. The predicted molar refractivity (Wildman–Crippen MR) is 69.6 cm³/mol. The van der Waals surface area contributed by atoms with E-state index in [0.717, 1.165) is 0 Å². The molecule has 0 atom stereocenters. The van der Waals surface area contributed by atoms with Crippen LogP contribution in [0.2, 0.25) is 0 Å². The number of hydrogen-bond acceptors (Lipinski definition) is 5. The van der Waals surface area contributed by atoms with Crippen molar-refractivity contribution < 1.29 is 14.1 Å². The summed E-state index contributed by atoms with van der Waals surface area (Å²) in [5.41, 5.74) is 0.351. The van der Waals surface area contributed by atoms with Crippen LogP contribution < -0.4 is 5.32 Å². The Morgan fingerprint density at radius 1 is 1.63 bits per heavy atom. The van der Waals surface area contributed by atoms with Gasteiger partial charge in [-0.25, -0.2) is 4.79 Å². The first-order chi connectivity index (χ1) is 9.21. The highest BCUT2D eigenvalue weighted by Crippen LogP contribution is 2.38. The summed E-state index contributed by atoms with van der Waals surface area (Å²) in [5, 5.41) is 7.34. The monoisotopic (exact) mass is 262 g/mol. The molecule has 1 N–H and O–H groups in total. The minimum atomic E-state index is -0.441. The van der Waals surface area contributed by atoms with Gasteiger partial charge < -0.3 is 14.6 Å². The highest BCUT2D eigenvalue weighted by atomic mass is 16.5. The lowest BCUT2D eigenvalue weighted by Crippen LogP contribution is -2.33. The highest BCUT2D eigenvalue weighted by Gasteiger charge is 2.42. The van der Waals surface area contributed by atoms with Crippen molar-refractivity contribution in [3.8, 4) is 0 Å². The van der Waals surface area contributed by atoms with Crippen molar-refractivity contribution in [1.29, 1.82) is 0 Å². The van der Waals surface area contributed by atoms with E-state index in [0.29, 0.717) is 18.4 Å². The van der Waals surface area contributed by atoms with E-state index in [1.54, 1.807) is 13.0 Å². The van der Waals surface area contributed by atoms with Crippen LogP contribution in [0.15, 0.2) is 16.7 Å². The molecule has 0 amide bonds. The number of esters is 1. The third kappa shape index (κ3) is 2.42. The van der Waals surface area contributed by atoms with Crippen molar-refractivity contribution in [2.24, 2.45) is 0 Å². The van der Waals surface area contributed by atoms with Crippen LogP contribution in [0.5, 0.6) is 0 Å². The molecule has 2 saturated heterocycles. The van der Waals surface area contributed by atoms with Gasteiger partial charge in [0.15, 0.2) is 11.5 Å². The average Bonchev–Trinajstić information content (AvgIpc) is 3.12. The molecule has 0 saturated carbocycles. The zero-order chi connectivity index (χ0) is 13.3. The molecule has 1 aromatic rings. The standard InChI is InChI=1S/C14H18N2O3/c1-2-18-13(17)12-9-11(19-16-12)5-8-14-6-3-10(15-14)4-7-14/h5,8-10,15H,2-4,6-7H2,1H3. The summed E-state index contributed by atoms with van der Waals surface area (Å²) in [4.78, 5) is 11.5. The first-order valence-corrected chi connectivity index (χ1v) is 6.81. The summed E-state index contributed by atoms with van der Waals surface area (Å²) < 4.78 is 10.00. The zero-order valence-electron chi connectivity index (χ0n) is 11.0. The van der Waals surface area contributed by atoms with E-state index in [9.17, 15) is 4.79 Å². The van der Waals surface area contributed by atoms with Crippen molar-refractivity contribution in [2.75, 3.05) is 6.61 Å². The van der Waals surface area contributed by atoms with Crippen LogP contribution in [0.4, 0.5) is 0 Å². The minimum absolute atomic E-state index is 0.127. The largest absolute Gasteiger partial charge is 0.461 e. The maximum atomic E-state index is 11.5. The molecule has 5 heteroatoms. The molecule has 3 heterocycles. The van der Waals surface area contributed by atoms with Crippen molar-refractivity contribution in [3.05, 3.63) is 23.6 Å². The fourth-order valence-electron chi connectivity index (χ4n) is 2.95. The number of fused-ring (bicyclic) bond motifs is 2. The molecule has 5 nitrogen and oxygen atoms in total. The van der Waals surface area contributed by atoms with Gasteiger partial charge in [0.05, 0.1) is 6.61 Å². The Labute approximate surface area is 112 Å². The van der Waals surface area contributed by atoms with Crippen LogP contribution in [0.1, 0.15) is 48.9 Å². The Bertz CT molecular complexity index is 499. The molecule has 0 spiro atoms. The zero-order valence-corrected chi connectivity index (χ0v) is 11.0. The number of carbonyl (C=O) groups is 1. The van der Waals surface area contributed by atoms with Crippen molar-refractivity contribution in [3.63, 3.8) is 0 Å². The number of nitrogens with one attached hydrogen (secondary N) is 1. The second kappa shape index (κ2) is 4.81. The summed E-state index contributed by atoms with van der Waals surface area (Å²) in [5.74, 6) is 0.151. The number of hydrogen-bond donors (Lipinski definition) is 1. The van der Waals surface area contributed by atoms with Crippen LogP contribution in [0, 0.1) is 0 Å². The van der Waals surface area contributed by atoms with Gasteiger partial charge in [0.1, 0.15) is 0 Å². The van der Waals surface area contributed by atoms with E-state index in [2.05, 4.69) is 16.5 Å². The molecule has 2 fully saturated rings. The number of ether oxygens (including phenoxy) is 1. The molecule has 0 unspecified atom stereocenters. The summed E-state index contributed by atoms with van der Waals surface area (Å²) in [6.45, 7) is 2.10. The van der Waals surface area contributed by atoms with Gasteiger partial charge in [0.25, 0.3) is 0 Å². The maximum Gasteiger partial charge on any atom is 0.360 e. The molecule has 102 valence electrons. The number of carbonyl (C=O) groups excluding carboxylic acids is 1. The topological polar surface area (TPSA) is 64.4 Å². The van der Waals surface area contributed by atoms with Gasteiger partial charge in [-0.15, -0.1) is 0 Å². The van der Waals surface area contributed by atoms with Gasteiger partial charge >= 0.3 is 5.97 Å². The summed E-state index contributed by atoms with van der Waals surface area (Å²) in [6.07, 6.45) is 8.88. The summed E-state index contributed by atoms with van der Waals surface area (Å²) >= 11 is 0. The summed E-state index contributed by atoms with van der Waals surface area (Å²) in [6, 6.07) is 2.29. The molecular formula is C14H18N2O3. The van der Waals surface area contributed by atoms with Crippen LogP contribution in [0.25, 0.3) is 6.08 Å². The average molecular weight is 262 g/mol. The van der Waals surface area contributed by atoms with Gasteiger partial charge in [0.2, 0.25) is 0 Å². The highest BCUT2D eigenvalue weighted by molar-refractivity contribution is 5.87. The molecule has 2 aliphatic heterocycles. The molecule has 1 aromatic heterocycles. The van der Waals surface area contributed by atoms with Gasteiger partial charge in [-0.2, -0.15) is 0 Å². The van der Waals surface area contributed by atoms with E-state index in [1.807, 2.05) is 6.08 Å². The first-order valence-electron chi connectivity index (χ1n) is 6.81. The van der Waals surface area contributed by atoms with Crippen molar-refractivity contribution in [2.45, 2.75) is 44.2 Å². The number of aromatic nitrogens is 1. The normalized spacial score (nSPS) is 29.2. The van der Waals surface area contributed by atoms with Crippen molar-refractivity contribution >= 4 is 12.0 Å². The maximum absolute atomic E-state index is 11.5. The SMILES string of the molecule is CCOC(=O)c1cc(C=CC23CCC(CC2)N3)on1. The minimum Gasteiger partial charge on any atom is -0.461 e. The Kier molecular flexibility index (Phi) is 3.14. The van der Waals surface area contributed by atoms with E-state index in [4.69, 9.17) is 9.26 Å². The van der Waals surface area contributed by atoms with Crippen LogP contribution >= 0.6 is 0 Å². The second-order valence-corrected chi connectivity index (χ2v) is 5.24. The lowest BCUT2D eigenvalue weighted by atomic mass is 9.87. The molecule has 0 radical (unpaired) electrons.